The summed E-state index contributed by atoms with van der Waals surface area (Å²) in [5.41, 5.74) is 4.11. The standard InChI is InChI=1S/C23H27FN4O2/c1-25-22-21(24)18-14-28(9-3-6-17(18)13-26-22)23(29)20-12-16-8-7-15(5-4-10-30-2)11-19(16)27-20/h7-8,11-13,27H,3-6,9-10,14H2,1-2H3,(H,25,26). The summed E-state index contributed by atoms with van der Waals surface area (Å²) in [5, 5.41) is 3.78. The number of carbonyl (C=O) groups is 1. The highest BCUT2D eigenvalue weighted by molar-refractivity contribution is 5.98. The van der Waals surface area contributed by atoms with Gasteiger partial charge in [-0.3, -0.25) is 4.79 Å². The predicted octanol–water partition coefficient (Wildman–Crippen LogP) is 3.91. The first-order valence-electron chi connectivity index (χ1n) is 10.3. The second-order valence-electron chi connectivity index (χ2n) is 7.71. The number of carbonyl (C=O) groups excluding carboxylic acids is 1. The van der Waals surface area contributed by atoms with Crippen molar-refractivity contribution in [2.45, 2.75) is 32.2 Å². The Bertz CT molecular complexity index is 1060. The Kier molecular flexibility index (Phi) is 5.99. The van der Waals surface area contributed by atoms with Crippen LogP contribution in [-0.4, -0.2) is 48.1 Å². The second-order valence-corrected chi connectivity index (χ2v) is 7.71. The fourth-order valence-electron chi connectivity index (χ4n) is 4.06. The van der Waals surface area contributed by atoms with Crippen LogP contribution in [0.3, 0.4) is 0 Å². The van der Waals surface area contributed by atoms with Gasteiger partial charge in [-0.15, -0.1) is 0 Å². The average molecular weight is 410 g/mol. The zero-order valence-corrected chi connectivity index (χ0v) is 17.4. The summed E-state index contributed by atoms with van der Waals surface area (Å²) in [7, 11) is 3.35. The maximum absolute atomic E-state index is 14.8. The van der Waals surface area contributed by atoms with Crippen LogP contribution in [0.4, 0.5) is 10.2 Å². The minimum atomic E-state index is -0.368. The van der Waals surface area contributed by atoms with Crippen molar-refractivity contribution >= 4 is 22.6 Å². The molecule has 3 heterocycles. The molecule has 2 N–H and O–H groups in total. The van der Waals surface area contributed by atoms with Crippen molar-refractivity contribution < 1.29 is 13.9 Å². The smallest absolute Gasteiger partial charge is 0.270 e. The number of aryl methyl sites for hydroxylation is 2. The molecule has 30 heavy (non-hydrogen) atoms. The molecular weight excluding hydrogens is 383 g/mol. The van der Waals surface area contributed by atoms with Crippen LogP contribution in [0.1, 0.15) is 40.0 Å². The minimum absolute atomic E-state index is 0.109. The molecule has 0 saturated carbocycles. The predicted molar refractivity (Wildman–Crippen MR) is 115 cm³/mol. The van der Waals surface area contributed by atoms with Crippen molar-refractivity contribution in [3.05, 3.63) is 58.7 Å². The monoisotopic (exact) mass is 410 g/mol. The number of amides is 1. The van der Waals surface area contributed by atoms with Crippen molar-refractivity contribution in [1.82, 2.24) is 14.9 Å². The third-order valence-corrected chi connectivity index (χ3v) is 5.69. The maximum atomic E-state index is 14.8. The van der Waals surface area contributed by atoms with Crippen LogP contribution in [0, 0.1) is 5.82 Å². The van der Waals surface area contributed by atoms with E-state index < -0.39 is 0 Å². The number of hydrogen-bond donors (Lipinski definition) is 2. The number of benzene rings is 1. The lowest BCUT2D eigenvalue weighted by atomic mass is 10.1. The van der Waals surface area contributed by atoms with Crippen molar-refractivity contribution in [3.63, 3.8) is 0 Å². The zero-order chi connectivity index (χ0) is 21.1. The molecular formula is C23H27FN4O2. The lowest BCUT2D eigenvalue weighted by molar-refractivity contribution is 0.0739. The second kappa shape index (κ2) is 8.83. The van der Waals surface area contributed by atoms with Gasteiger partial charge in [-0.2, -0.15) is 0 Å². The first kappa shape index (κ1) is 20.3. The molecule has 0 saturated heterocycles. The van der Waals surface area contributed by atoms with E-state index in [1.165, 1.54) is 5.56 Å². The lowest BCUT2D eigenvalue weighted by Crippen LogP contribution is -2.31. The summed E-state index contributed by atoms with van der Waals surface area (Å²) < 4.78 is 20.0. The molecule has 2 aromatic heterocycles. The Hall–Kier alpha value is -2.93. The average Bonchev–Trinajstić information content (AvgIpc) is 3.05. The van der Waals surface area contributed by atoms with E-state index in [9.17, 15) is 9.18 Å². The van der Waals surface area contributed by atoms with Crippen molar-refractivity contribution in [2.24, 2.45) is 0 Å². The molecule has 0 aliphatic carbocycles. The number of anilines is 1. The Morgan fingerprint density at radius 2 is 2.23 bits per heavy atom. The topological polar surface area (TPSA) is 70.2 Å². The molecule has 158 valence electrons. The Balaban J connectivity index is 1.57. The number of nitrogens with zero attached hydrogens (tertiary/aromatic N) is 2. The quantitative estimate of drug-likeness (QED) is 0.605. The molecule has 4 rings (SSSR count). The van der Waals surface area contributed by atoms with Crippen molar-refractivity contribution in [3.8, 4) is 0 Å². The number of pyridine rings is 1. The third-order valence-electron chi connectivity index (χ3n) is 5.69. The summed E-state index contributed by atoms with van der Waals surface area (Å²) in [6, 6.07) is 8.09. The molecule has 1 aromatic carbocycles. The lowest BCUT2D eigenvalue weighted by Gasteiger charge is -2.20. The van der Waals surface area contributed by atoms with E-state index >= 15 is 0 Å². The molecule has 0 fully saturated rings. The summed E-state index contributed by atoms with van der Waals surface area (Å²) in [5.74, 6) is -0.260. The summed E-state index contributed by atoms with van der Waals surface area (Å²) >= 11 is 0. The number of rotatable bonds is 6. The SMILES string of the molecule is CNc1ncc2c(c1F)CN(C(=O)c1cc3ccc(CCCOC)cc3[nH]1)CCC2. The molecule has 0 radical (unpaired) electrons. The van der Waals surface area contributed by atoms with Gasteiger partial charge in [0.1, 0.15) is 5.69 Å². The fraction of sp³-hybridized carbons (Fsp3) is 0.391. The first-order chi connectivity index (χ1) is 14.6. The van der Waals surface area contributed by atoms with Crippen LogP contribution in [0.5, 0.6) is 0 Å². The van der Waals surface area contributed by atoms with Gasteiger partial charge < -0.3 is 19.9 Å². The van der Waals surface area contributed by atoms with Gasteiger partial charge in [-0.05, 0) is 48.9 Å². The van der Waals surface area contributed by atoms with Gasteiger partial charge >= 0.3 is 0 Å². The van der Waals surface area contributed by atoms with Crippen LogP contribution in [0.15, 0.2) is 30.5 Å². The van der Waals surface area contributed by atoms with Crippen LogP contribution in [0.25, 0.3) is 10.9 Å². The van der Waals surface area contributed by atoms with Crippen LogP contribution in [-0.2, 0) is 24.1 Å². The Morgan fingerprint density at radius 1 is 1.37 bits per heavy atom. The summed E-state index contributed by atoms with van der Waals surface area (Å²) in [4.78, 5) is 22.3. The van der Waals surface area contributed by atoms with Gasteiger partial charge in [0, 0.05) is 56.5 Å². The molecule has 0 unspecified atom stereocenters. The molecule has 3 aromatic rings. The van der Waals surface area contributed by atoms with E-state index in [0.29, 0.717) is 24.2 Å². The maximum Gasteiger partial charge on any atom is 0.270 e. The Morgan fingerprint density at radius 3 is 3.03 bits per heavy atom. The van der Waals surface area contributed by atoms with Gasteiger partial charge in [-0.1, -0.05) is 12.1 Å². The molecule has 1 aliphatic heterocycles. The van der Waals surface area contributed by atoms with Crippen LogP contribution < -0.4 is 5.32 Å². The number of hydrogen-bond acceptors (Lipinski definition) is 4. The van der Waals surface area contributed by atoms with E-state index in [0.717, 1.165) is 42.3 Å². The van der Waals surface area contributed by atoms with Crippen LogP contribution in [0.2, 0.25) is 0 Å². The number of H-pyrrole nitrogens is 1. The molecule has 0 bridgehead atoms. The molecule has 0 spiro atoms. The van der Waals surface area contributed by atoms with Crippen molar-refractivity contribution in [1.29, 1.82) is 0 Å². The van der Waals surface area contributed by atoms with Crippen LogP contribution >= 0.6 is 0 Å². The molecule has 1 amide bonds. The minimum Gasteiger partial charge on any atom is -0.385 e. The molecule has 6 nitrogen and oxygen atoms in total. The number of methoxy groups -OCH3 is 1. The van der Waals surface area contributed by atoms with E-state index in [4.69, 9.17) is 4.74 Å². The number of fused-ring (bicyclic) bond motifs is 2. The number of nitrogens with one attached hydrogen (secondary N) is 2. The zero-order valence-electron chi connectivity index (χ0n) is 17.4. The van der Waals surface area contributed by atoms with Gasteiger partial charge in [0.25, 0.3) is 5.91 Å². The number of halogens is 1. The first-order valence-corrected chi connectivity index (χ1v) is 10.3. The molecule has 0 atom stereocenters. The van der Waals surface area contributed by atoms with Gasteiger partial charge in [0.2, 0.25) is 0 Å². The van der Waals surface area contributed by atoms with Gasteiger partial charge in [0.05, 0.1) is 0 Å². The van der Waals surface area contributed by atoms with Gasteiger partial charge in [-0.25, -0.2) is 9.37 Å². The molecule has 7 heteroatoms. The number of aromatic nitrogens is 2. The number of aromatic amines is 1. The van der Waals surface area contributed by atoms with E-state index in [1.54, 1.807) is 25.3 Å². The number of ether oxygens (including phenoxy) is 1. The highest BCUT2D eigenvalue weighted by atomic mass is 19.1. The Labute approximate surface area is 175 Å². The fourth-order valence-corrected chi connectivity index (χ4v) is 4.06. The highest BCUT2D eigenvalue weighted by Gasteiger charge is 2.25. The molecule has 1 aliphatic rings. The highest BCUT2D eigenvalue weighted by Crippen LogP contribution is 2.26. The normalized spacial score (nSPS) is 13.9. The van der Waals surface area contributed by atoms with E-state index in [1.807, 2.05) is 12.1 Å². The van der Waals surface area contributed by atoms with Crippen molar-refractivity contribution in [2.75, 3.05) is 32.6 Å². The summed E-state index contributed by atoms with van der Waals surface area (Å²) in [6.07, 6.45) is 5.09. The third kappa shape index (κ3) is 4.03. The van der Waals surface area contributed by atoms with E-state index in [2.05, 4.69) is 27.4 Å². The summed E-state index contributed by atoms with van der Waals surface area (Å²) in [6.45, 7) is 1.55. The van der Waals surface area contributed by atoms with Gasteiger partial charge in [0.15, 0.2) is 11.6 Å². The largest absolute Gasteiger partial charge is 0.385 e. The van der Waals surface area contributed by atoms with E-state index in [-0.39, 0.29) is 24.1 Å².